The molecule has 1 N–H and O–H groups in total. The largest absolute Gasteiger partial charge is 0.507 e. The summed E-state index contributed by atoms with van der Waals surface area (Å²) in [6, 6.07) is 89.3. The van der Waals surface area contributed by atoms with Gasteiger partial charge in [-0.05, 0) is 110 Å². The number of nitrogens with zero attached hydrogens (tertiary/aromatic N) is 5. The van der Waals surface area contributed by atoms with E-state index in [-0.39, 0.29) is 55.5 Å². The molecule has 0 fully saturated rings. The molecule has 10 aromatic carbocycles. The van der Waals surface area contributed by atoms with Gasteiger partial charge in [-0.2, -0.15) is 0 Å². The Hall–Kier alpha value is -9.03. The number of rotatable bonds is 10. The molecule has 0 aliphatic carbocycles. The summed E-state index contributed by atoms with van der Waals surface area (Å²) in [6.07, 6.45) is 1.97. The molecule has 0 saturated heterocycles. The minimum absolute atomic E-state index is 0. The predicted molar refractivity (Wildman–Crippen MR) is 376 cm³/mol. The third-order valence-electron chi connectivity index (χ3n) is 17.7. The van der Waals surface area contributed by atoms with Crippen LogP contribution < -0.4 is 15.1 Å². The number of aromatic hydroxyl groups is 1. The van der Waals surface area contributed by atoms with E-state index >= 15 is 0 Å². The molecule has 1 aliphatic rings. The molecule has 0 spiro atoms. The molecular weight excluding hydrogens is 1280 g/mol. The third kappa shape index (κ3) is 11.4. The van der Waals surface area contributed by atoms with E-state index < -0.39 is 0 Å². The van der Waals surface area contributed by atoms with E-state index in [2.05, 4.69) is 340 Å². The molecule has 2 aromatic heterocycles. The molecule has 0 atom stereocenters. The van der Waals surface area contributed by atoms with Crippen molar-refractivity contribution in [2.75, 3.05) is 9.62 Å². The van der Waals surface area contributed by atoms with Crippen molar-refractivity contribution in [3.05, 3.63) is 271 Å². The second-order valence-electron chi connectivity index (χ2n) is 28.0. The van der Waals surface area contributed by atoms with E-state index in [0.29, 0.717) is 11.4 Å². The Labute approximate surface area is 547 Å². The molecular formula is C82H77BN5OPt-. The number of anilines is 4. The minimum atomic E-state index is -0.368. The van der Waals surface area contributed by atoms with Crippen LogP contribution in [0.1, 0.15) is 105 Å². The van der Waals surface area contributed by atoms with Crippen molar-refractivity contribution < 1.29 is 26.2 Å². The van der Waals surface area contributed by atoms with Crippen molar-refractivity contribution in [2.24, 2.45) is 0 Å². The fourth-order valence-electron chi connectivity index (χ4n) is 12.8. The first-order chi connectivity index (χ1) is 42.6. The van der Waals surface area contributed by atoms with Crippen molar-refractivity contribution in [3.63, 3.8) is 0 Å². The maximum atomic E-state index is 12.8. The second kappa shape index (κ2) is 23.7. The van der Waals surface area contributed by atoms with Crippen LogP contribution >= 0.6 is 0 Å². The van der Waals surface area contributed by atoms with Crippen molar-refractivity contribution in [1.29, 1.82) is 0 Å². The monoisotopic (exact) mass is 1350 g/mol. The second-order valence-corrected chi connectivity index (χ2v) is 28.0. The van der Waals surface area contributed by atoms with Crippen LogP contribution in [0.2, 0.25) is 0 Å². The Balaban J connectivity index is 0.00000785. The molecule has 0 saturated carbocycles. The van der Waals surface area contributed by atoms with Crippen molar-refractivity contribution >= 4 is 46.2 Å². The van der Waals surface area contributed by atoms with Crippen LogP contribution in [-0.4, -0.2) is 26.6 Å². The number of benzene rings is 10. The van der Waals surface area contributed by atoms with E-state index in [1.165, 1.54) is 5.56 Å². The average Bonchev–Trinajstić information content (AvgIpc) is 1.56. The number of phenols is 1. The Morgan fingerprint density at radius 1 is 0.389 bits per heavy atom. The predicted octanol–water partition coefficient (Wildman–Crippen LogP) is 20.8. The number of aromatic nitrogens is 3. The van der Waals surface area contributed by atoms with E-state index in [9.17, 15) is 5.11 Å². The topological polar surface area (TPSA) is 57.4 Å². The van der Waals surface area contributed by atoms with Crippen LogP contribution in [0, 0.1) is 6.07 Å². The number of para-hydroxylation sites is 5. The summed E-state index contributed by atoms with van der Waals surface area (Å²) in [5.74, 6) is 0.901. The average molecular weight is 1350 g/mol. The molecule has 1 aliphatic heterocycles. The van der Waals surface area contributed by atoms with Crippen LogP contribution in [-0.2, 0) is 42.7 Å². The van der Waals surface area contributed by atoms with E-state index in [1.807, 2.05) is 6.20 Å². The van der Waals surface area contributed by atoms with Crippen LogP contribution in [0.4, 0.5) is 22.7 Å². The molecule has 450 valence electrons. The fraction of sp³-hybridized carbons (Fsp3) is 0.195. The zero-order valence-electron chi connectivity index (χ0n) is 53.7. The van der Waals surface area contributed by atoms with Crippen molar-refractivity contribution in [3.8, 4) is 78.6 Å². The summed E-state index contributed by atoms with van der Waals surface area (Å²) in [5.41, 5.74) is 22.5. The van der Waals surface area contributed by atoms with E-state index in [1.54, 1.807) is 0 Å². The summed E-state index contributed by atoms with van der Waals surface area (Å²) in [7, 11) is 0. The van der Waals surface area contributed by atoms with Gasteiger partial charge in [-0.15, -0.1) is 29.3 Å². The van der Waals surface area contributed by atoms with Gasteiger partial charge in [-0.25, -0.2) is 4.98 Å². The molecule has 13 rings (SSSR count). The van der Waals surface area contributed by atoms with Gasteiger partial charge in [0, 0.05) is 66.6 Å². The molecule has 90 heavy (non-hydrogen) atoms. The Morgan fingerprint density at radius 3 is 1.39 bits per heavy atom. The van der Waals surface area contributed by atoms with Crippen LogP contribution in [0.5, 0.6) is 5.75 Å². The molecule has 0 amide bonds. The van der Waals surface area contributed by atoms with Gasteiger partial charge in [-0.3, -0.25) is 9.55 Å². The fourth-order valence-corrected chi connectivity index (χ4v) is 12.8. The summed E-state index contributed by atoms with van der Waals surface area (Å²) >= 11 is 0. The number of hydrogen-bond acceptors (Lipinski definition) is 5. The zero-order chi connectivity index (χ0) is 62.1. The van der Waals surface area contributed by atoms with Gasteiger partial charge in [0.2, 0.25) is 0 Å². The number of phenolic OH excluding ortho intramolecular Hbond substituents is 1. The summed E-state index contributed by atoms with van der Waals surface area (Å²) in [6.45, 7) is 26.5. The van der Waals surface area contributed by atoms with E-state index in [0.717, 1.165) is 117 Å². The normalized spacial score (nSPS) is 12.8. The smallest absolute Gasteiger partial charge is 0.420 e. The van der Waals surface area contributed by atoms with Crippen LogP contribution in [0.25, 0.3) is 83.9 Å². The first kappa shape index (κ1) is 61.2. The van der Waals surface area contributed by atoms with Crippen molar-refractivity contribution in [1.82, 2.24) is 14.5 Å². The Bertz CT molecular complexity index is 4510. The van der Waals surface area contributed by atoms with E-state index in [4.69, 9.17) is 9.97 Å². The van der Waals surface area contributed by atoms with Gasteiger partial charge in [0.1, 0.15) is 11.6 Å². The summed E-state index contributed by atoms with van der Waals surface area (Å²) < 4.78 is 2.30. The molecule has 0 radical (unpaired) electrons. The first-order valence-corrected chi connectivity index (χ1v) is 31.2. The number of hydrogen-bond donors (Lipinski definition) is 1. The molecule has 0 bridgehead atoms. The molecule has 0 unspecified atom stereocenters. The maximum Gasteiger partial charge on any atom is 0.420 e. The summed E-state index contributed by atoms with van der Waals surface area (Å²) in [4.78, 5) is 16.1. The number of fused-ring (bicyclic) bond motifs is 2. The molecule has 12 aromatic rings. The molecule has 6 nitrogen and oxygen atoms in total. The zero-order valence-corrected chi connectivity index (χ0v) is 55.9. The Kier molecular flexibility index (Phi) is 16.1. The SMILES string of the molecule is CC(C)(C)c1cc(-c2cc(B3N(c4ccccc4-c4ccccc4)c4ccccc4N3c3ccccc3-c3ccccc3)ccn2)[c-]c(-c2cccc3c2nc(-c2cc(C(C)(C)C)cc(C(C)(C)C)c2O)n3-c2ccc(C(C)(C)C)cc2-c2ccccc2)c1.[Pt]. The first-order valence-electron chi connectivity index (χ1n) is 31.2. The molecule has 3 heterocycles. The van der Waals surface area contributed by atoms with Gasteiger partial charge in [-0.1, -0.05) is 264 Å². The summed E-state index contributed by atoms with van der Waals surface area (Å²) in [5, 5.41) is 12.8. The van der Waals surface area contributed by atoms with Gasteiger partial charge >= 0.3 is 6.98 Å². The van der Waals surface area contributed by atoms with Crippen molar-refractivity contribution in [2.45, 2.75) is 105 Å². The third-order valence-corrected chi connectivity index (χ3v) is 17.7. The van der Waals surface area contributed by atoms with Crippen LogP contribution in [0.3, 0.4) is 0 Å². The number of pyridine rings is 1. The van der Waals surface area contributed by atoms with Gasteiger partial charge in [0.15, 0.2) is 0 Å². The Morgan fingerprint density at radius 2 is 0.856 bits per heavy atom. The van der Waals surface area contributed by atoms with Gasteiger partial charge in [0.05, 0.1) is 33.7 Å². The maximum absolute atomic E-state index is 12.8. The minimum Gasteiger partial charge on any atom is -0.507 e. The van der Waals surface area contributed by atoms with Gasteiger partial charge in [0.25, 0.3) is 0 Å². The van der Waals surface area contributed by atoms with Gasteiger partial charge < -0.3 is 14.7 Å². The number of imidazole rings is 1. The quantitative estimate of drug-likeness (QED) is 0.109. The van der Waals surface area contributed by atoms with Crippen LogP contribution in [0.15, 0.2) is 243 Å². The standard InChI is InChI=1S/C82H77BN5O.Pt/c1-79(2,3)59-43-44-70(66(50-59)56-33-20-15-21-34-56)86-75-42-28-37-65(76(75)85-78(86)67-51-61(81(7,8)9)52-68(77(67)89)82(10,11)12)57-47-58(49-60(48-57)80(4,5)6)69-53-62(45-46-84-69)83-87(71-38-24-22-35-63(71)54-29-16-13-17-30-54)73-40-26-27-41-74(73)88(83)72-39-25-23-36-64(72)55-31-18-14-19-32-55;/h13-46,48-53,89H,1-12H3;/q-1;. The molecule has 8 heteroatoms.